The van der Waals surface area contributed by atoms with E-state index >= 15 is 0 Å². The molecule has 19 heavy (non-hydrogen) atoms. The number of rotatable bonds is 6. The number of carboxylic acid groups (broad SMARTS) is 1. The van der Waals surface area contributed by atoms with Gasteiger partial charge in [-0.25, -0.2) is 9.78 Å². The molecule has 0 spiro atoms. The van der Waals surface area contributed by atoms with Crippen molar-refractivity contribution in [1.82, 2.24) is 4.98 Å². The predicted octanol–water partition coefficient (Wildman–Crippen LogP) is 3.16. The number of alkyl halides is 3. The molecule has 1 aromatic rings. The minimum atomic E-state index is -4.57. The lowest BCUT2D eigenvalue weighted by Crippen LogP contribution is -2.30. The molecule has 0 amide bonds. The maximum absolute atomic E-state index is 12.7. The summed E-state index contributed by atoms with van der Waals surface area (Å²) in [6.07, 6.45) is -1.75. The number of hydrogen-bond donors (Lipinski definition) is 2. The monoisotopic (exact) mass is 276 g/mol. The van der Waals surface area contributed by atoms with Crippen molar-refractivity contribution in [2.45, 2.75) is 38.4 Å². The molecule has 2 N–H and O–H groups in total. The molecular formula is C12H15F3N2O2. The van der Waals surface area contributed by atoms with Gasteiger partial charge in [0.05, 0.1) is 5.56 Å². The Morgan fingerprint density at radius 2 is 2.21 bits per heavy atom. The summed E-state index contributed by atoms with van der Waals surface area (Å²) in [5.41, 5.74) is -0.960. The molecule has 0 aromatic carbocycles. The molecule has 4 nitrogen and oxygen atoms in total. The van der Waals surface area contributed by atoms with E-state index in [1.165, 1.54) is 6.20 Å². The van der Waals surface area contributed by atoms with Crippen LogP contribution in [0.5, 0.6) is 0 Å². The number of anilines is 1. The van der Waals surface area contributed by atoms with E-state index in [0.717, 1.165) is 18.6 Å². The number of aromatic nitrogens is 1. The van der Waals surface area contributed by atoms with Crippen LogP contribution < -0.4 is 5.32 Å². The number of nitrogens with zero attached hydrogens (tertiary/aromatic N) is 1. The molecule has 0 aliphatic rings. The van der Waals surface area contributed by atoms with Crippen LogP contribution >= 0.6 is 0 Å². The van der Waals surface area contributed by atoms with Gasteiger partial charge in [-0.15, -0.1) is 0 Å². The molecule has 0 radical (unpaired) electrons. The third-order valence-corrected chi connectivity index (χ3v) is 2.57. The lowest BCUT2D eigenvalue weighted by atomic mass is 10.1. The maximum Gasteiger partial charge on any atom is 0.419 e. The highest BCUT2D eigenvalue weighted by Gasteiger charge is 2.35. The third-order valence-electron chi connectivity index (χ3n) is 2.57. The minimum absolute atomic E-state index is 0.250. The number of nitrogens with one attached hydrogen (secondary N) is 1. The molecule has 106 valence electrons. The zero-order valence-corrected chi connectivity index (χ0v) is 10.4. The van der Waals surface area contributed by atoms with Crippen LogP contribution in [-0.4, -0.2) is 22.1 Å². The van der Waals surface area contributed by atoms with E-state index in [-0.39, 0.29) is 6.42 Å². The highest BCUT2D eigenvalue weighted by molar-refractivity contribution is 5.77. The molecule has 1 atom stereocenters. The summed E-state index contributed by atoms with van der Waals surface area (Å²) in [7, 11) is 0. The van der Waals surface area contributed by atoms with Crippen molar-refractivity contribution in [1.29, 1.82) is 0 Å². The van der Waals surface area contributed by atoms with Crippen LogP contribution in [0.4, 0.5) is 19.0 Å². The third kappa shape index (κ3) is 4.42. The summed E-state index contributed by atoms with van der Waals surface area (Å²) in [4.78, 5) is 14.6. The first-order valence-corrected chi connectivity index (χ1v) is 5.87. The molecule has 0 saturated heterocycles. The number of aliphatic carboxylic acids is 1. The Morgan fingerprint density at radius 1 is 1.53 bits per heavy atom. The van der Waals surface area contributed by atoms with Crippen molar-refractivity contribution < 1.29 is 23.1 Å². The van der Waals surface area contributed by atoms with Crippen LogP contribution in [0.2, 0.25) is 0 Å². The van der Waals surface area contributed by atoms with Crippen molar-refractivity contribution in [3.05, 3.63) is 23.9 Å². The van der Waals surface area contributed by atoms with Crippen molar-refractivity contribution in [2.75, 3.05) is 5.32 Å². The summed E-state index contributed by atoms with van der Waals surface area (Å²) in [5, 5.41) is 11.3. The van der Waals surface area contributed by atoms with Gasteiger partial charge in [0.25, 0.3) is 0 Å². The second-order valence-corrected chi connectivity index (χ2v) is 4.07. The van der Waals surface area contributed by atoms with Crippen LogP contribution in [0.15, 0.2) is 18.3 Å². The Bertz CT molecular complexity index is 435. The molecule has 0 bridgehead atoms. The van der Waals surface area contributed by atoms with E-state index in [0.29, 0.717) is 6.42 Å². The summed E-state index contributed by atoms with van der Waals surface area (Å²) in [6.45, 7) is 1.88. The highest BCUT2D eigenvalue weighted by Crippen LogP contribution is 2.33. The number of carboxylic acids is 1. The first-order chi connectivity index (χ1) is 8.86. The van der Waals surface area contributed by atoms with Gasteiger partial charge in [-0.2, -0.15) is 13.2 Å². The number of pyridine rings is 1. The molecule has 0 fully saturated rings. The second kappa shape index (κ2) is 6.40. The van der Waals surface area contributed by atoms with E-state index < -0.39 is 29.6 Å². The molecular weight excluding hydrogens is 261 g/mol. The molecule has 7 heteroatoms. The van der Waals surface area contributed by atoms with Gasteiger partial charge in [-0.3, -0.25) is 0 Å². The Kier molecular flexibility index (Phi) is 5.14. The van der Waals surface area contributed by atoms with Gasteiger partial charge in [0.15, 0.2) is 0 Å². The number of unbranched alkanes of at least 4 members (excludes halogenated alkanes) is 1. The highest BCUT2D eigenvalue weighted by atomic mass is 19.4. The number of halogens is 3. The molecule has 1 rings (SSSR count). The minimum Gasteiger partial charge on any atom is -0.480 e. The molecule has 1 unspecified atom stereocenters. The van der Waals surface area contributed by atoms with Crippen molar-refractivity contribution in [2.24, 2.45) is 0 Å². The largest absolute Gasteiger partial charge is 0.480 e. The molecule has 1 heterocycles. The van der Waals surface area contributed by atoms with Crippen LogP contribution in [0.1, 0.15) is 31.7 Å². The van der Waals surface area contributed by atoms with Gasteiger partial charge < -0.3 is 10.4 Å². The molecule has 0 aliphatic carbocycles. The molecule has 0 aliphatic heterocycles. The van der Waals surface area contributed by atoms with Crippen LogP contribution in [0.25, 0.3) is 0 Å². The summed E-state index contributed by atoms with van der Waals surface area (Å²) in [5.74, 6) is -1.63. The quantitative estimate of drug-likeness (QED) is 0.837. The zero-order valence-electron chi connectivity index (χ0n) is 10.4. The average molecular weight is 276 g/mol. The standard InChI is InChI=1S/C12H15F3N2O2/c1-2-3-6-9(11(18)19)17-10-8(12(13,14)15)5-4-7-16-10/h4-5,7,9H,2-3,6H2,1H3,(H,16,17)(H,18,19). The predicted molar refractivity (Wildman–Crippen MR) is 63.8 cm³/mol. The van der Waals surface area contributed by atoms with Crippen molar-refractivity contribution in [3.63, 3.8) is 0 Å². The maximum atomic E-state index is 12.7. The fourth-order valence-electron chi connectivity index (χ4n) is 1.58. The van der Waals surface area contributed by atoms with Gasteiger partial charge in [0.1, 0.15) is 11.9 Å². The Balaban J connectivity index is 2.93. The van der Waals surface area contributed by atoms with E-state index in [9.17, 15) is 18.0 Å². The summed E-state index contributed by atoms with van der Waals surface area (Å²) >= 11 is 0. The SMILES string of the molecule is CCCCC(Nc1ncccc1C(F)(F)F)C(=O)O. The van der Waals surface area contributed by atoms with Crippen LogP contribution in [0, 0.1) is 0 Å². The lowest BCUT2D eigenvalue weighted by Gasteiger charge is -2.18. The fraction of sp³-hybridized carbons (Fsp3) is 0.500. The lowest BCUT2D eigenvalue weighted by molar-refractivity contribution is -0.139. The second-order valence-electron chi connectivity index (χ2n) is 4.07. The van der Waals surface area contributed by atoms with Gasteiger partial charge in [0.2, 0.25) is 0 Å². The first-order valence-electron chi connectivity index (χ1n) is 5.87. The van der Waals surface area contributed by atoms with E-state index in [2.05, 4.69) is 10.3 Å². The summed E-state index contributed by atoms with van der Waals surface area (Å²) in [6, 6.07) is 0.958. The Labute approximate surface area is 108 Å². The van der Waals surface area contributed by atoms with E-state index in [4.69, 9.17) is 5.11 Å². The Hall–Kier alpha value is -1.79. The Morgan fingerprint density at radius 3 is 2.74 bits per heavy atom. The molecule has 0 saturated carbocycles. The van der Waals surface area contributed by atoms with Gasteiger partial charge in [-0.1, -0.05) is 19.8 Å². The fourth-order valence-corrected chi connectivity index (χ4v) is 1.58. The normalized spacial score (nSPS) is 13.1. The smallest absolute Gasteiger partial charge is 0.419 e. The molecule has 1 aromatic heterocycles. The van der Waals surface area contributed by atoms with Gasteiger partial charge in [-0.05, 0) is 18.6 Å². The van der Waals surface area contributed by atoms with E-state index in [1.54, 1.807) is 0 Å². The average Bonchev–Trinajstić information content (AvgIpc) is 2.33. The van der Waals surface area contributed by atoms with Crippen LogP contribution in [0.3, 0.4) is 0 Å². The van der Waals surface area contributed by atoms with Crippen molar-refractivity contribution in [3.8, 4) is 0 Å². The zero-order chi connectivity index (χ0) is 14.5. The van der Waals surface area contributed by atoms with Crippen molar-refractivity contribution >= 4 is 11.8 Å². The van der Waals surface area contributed by atoms with E-state index in [1.807, 2.05) is 6.92 Å². The number of hydrogen-bond acceptors (Lipinski definition) is 3. The number of carbonyl (C=O) groups is 1. The topological polar surface area (TPSA) is 62.2 Å². The van der Waals surface area contributed by atoms with Crippen LogP contribution in [-0.2, 0) is 11.0 Å². The first kappa shape index (κ1) is 15.3. The van der Waals surface area contributed by atoms with Gasteiger partial charge >= 0.3 is 12.1 Å². The van der Waals surface area contributed by atoms with Gasteiger partial charge in [0, 0.05) is 6.20 Å². The summed E-state index contributed by atoms with van der Waals surface area (Å²) < 4.78 is 38.2.